The SMILES string of the molecule is C[C@]12C=C[C@H](C=C1S(=O)(=O)c1ccccc1)O2. The van der Waals surface area contributed by atoms with Gasteiger partial charge in [-0.1, -0.05) is 24.3 Å². The molecule has 0 spiro atoms. The summed E-state index contributed by atoms with van der Waals surface area (Å²) in [5, 5.41) is 0. The summed E-state index contributed by atoms with van der Waals surface area (Å²) >= 11 is 0. The normalized spacial score (nSPS) is 30.6. The van der Waals surface area contributed by atoms with Crippen molar-refractivity contribution < 1.29 is 13.2 Å². The van der Waals surface area contributed by atoms with Crippen molar-refractivity contribution in [3.05, 3.63) is 53.5 Å². The fraction of sp³-hybridized carbons (Fsp3) is 0.231. The highest BCUT2D eigenvalue weighted by molar-refractivity contribution is 7.95. The number of hydrogen-bond donors (Lipinski definition) is 0. The highest BCUT2D eigenvalue weighted by atomic mass is 32.2. The molecule has 2 aliphatic heterocycles. The van der Waals surface area contributed by atoms with Crippen LogP contribution in [-0.4, -0.2) is 20.1 Å². The summed E-state index contributed by atoms with van der Waals surface area (Å²) in [5.41, 5.74) is -0.792. The molecule has 0 fully saturated rings. The van der Waals surface area contributed by atoms with E-state index in [1.807, 2.05) is 12.2 Å². The van der Waals surface area contributed by atoms with Crippen LogP contribution in [0.3, 0.4) is 0 Å². The lowest BCUT2D eigenvalue weighted by Crippen LogP contribution is -2.27. The number of sulfone groups is 1. The van der Waals surface area contributed by atoms with E-state index in [2.05, 4.69) is 0 Å². The van der Waals surface area contributed by atoms with Crippen molar-refractivity contribution in [2.24, 2.45) is 0 Å². The number of ether oxygens (including phenoxy) is 1. The summed E-state index contributed by atoms with van der Waals surface area (Å²) in [7, 11) is -3.44. The topological polar surface area (TPSA) is 43.4 Å². The Morgan fingerprint density at radius 3 is 2.47 bits per heavy atom. The number of hydrogen-bond acceptors (Lipinski definition) is 3. The molecule has 0 saturated heterocycles. The average Bonchev–Trinajstić information content (AvgIpc) is 2.85. The molecule has 0 aromatic heterocycles. The molecule has 2 aliphatic rings. The molecule has 88 valence electrons. The van der Waals surface area contributed by atoms with Gasteiger partial charge in [-0.25, -0.2) is 8.42 Å². The first-order valence-corrected chi connectivity index (χ1v) is 6.90. The maximum atomic E-state index is 12.4. The predicted molar refractivity (Wildman–Crippen MR) is 64.1 cm³/mol. The highest BCUT2D eigenvalue weighted by Gasteiger charge is 2.46. The second-order valence-corrected chi connectivity index (χ2v) is 6.31. The van der Waals surface area contributed by atoms with Crippen LogP contribution in [0.1, 0.15) is 6.92 Å². The van der Waals surface area contributed by atoms with E-state index >= 15 is 0 Å². The molecule has 2 bridgehead atoms. The van der Waals surface area contributed by atoms with Crippen LogP contribution >= 0.6 is 0 Å². The van der Waals surface area contributed by atoms with Gasteiger partial charge in [-0.3, -0.25) is 0 Å². The molecular formula is C13H12O3S. The van der Waals surface area contributed by atoms with Crippen LogP contribution in [0.5, 0.6) is 0 Å². The molecule has 1 aromatic rings. The Labute approximate surface area is 100 Å². The van der Waals surface area contributed by atoms with Gasteiger partial charge in [0.05, 0.1) is 15.9 Å². The van der Waals surface area contributed by atoms with Crippen molar-refractivity contribution in [3.8, 4) is 0 Å². The smallest absolute Gasteiger partial charge is 0.205 e. The quantitative estimate of drug-likeness (QED) is 0.752. The Kier molecular flexibility index (Phi) is 2.09. The third-order valence-corrected chi connectivity index (χ3v) is 5.15. The van der Waals surface area contributed by atoms with E-state index in [1.54, 1.807) is 43.3 Å². The van der Waals surface area contributed by atoms with E-state index in [9.17, 15) is 8.42 Å². The van der Waals surface area contributed by atoms with Crippen LogP contribution in [0.15, 0.2) is 58.4 Å². The van der Waals surface area contributed by atoms with E-state index in [-0.39, 0.29) is 6.10 Å². The average molecular weight is 248 g/mol. The number of benzene rings is 1. The molecule has 4 heteroatoms. The van der Waals surface area contributed by atoms with Gasteiger partial charge in [0.15, 0.2) is 0 Å². The fourth-order valence-corrected chi connectivity index (χ4v) is 4.00. The molecule has 2 atom stereocenters. The molecule has 0 N–H and O–H groups in total. The van der Waals surface area contributed by atoms with E-state index in [0.717, 1.165) is 0 Å². The van der Waals surface area contributed by atoms with Crippen LogP contribution in [0, 0.1) is 0 Å². The van der Waals surface area contributed by atoms with Crippen molar-refractivity contribution in [1.29, 1.82) is 0 Å². The zero-order valence-electron chi connectivity index (χ0n) is 9.33. The Morgan fingerprint density at radius 1 is 1.24 bits per heavy atom. The fourth-order valence-electron chi connectivity index (χ4n) is 2.27. The first kappa shape index (κ1) is 10.7. The molecule has 1 aromatic carbocycles. The Morgan fingerprint density at radius 2 is 1.94 bits per heavy atom. The van der Waals surface area contributed by atoms with Crippen LogP contribution in [0.25, 0.3) is 0 Å². The molecular weight excluding hydrogens is 236 g/mol. The number of fused-ring (bicyclic) bond motifs is 2. The van der Waals surface area contributed by atoms with Gasteiger partial charge in [-0.05, 0) is 31.2 Å². The van der Waals surface area contributed by atoms with Crippen LogP contribution in [0.4, 0.5) is 0 Å². The molecule has 3 rings (SSSR count). The third kappa shape index (κ3) is 1.48. The summed E-state index contributed by atoms with van der Waals surface area (Å²) in [6.45, 7) is 1.78. The van der Waals surface area contributed by atoms with E-state index in [1.165, 1.54) is 0 Å². The number of rotatable bonds is 2. The lowest BCUT2D eigenvalue weighted by molar-refractivity contribution is 0.0618. The maximum Gasteiger partial charge on any atom is 0.205 e. The molecule has 0 radical (unpaired) electrons. The van der Waals surface area contributed by atoms with Gasteiger partial charge in [0.2, 0.25) is 9.84 Å². The lowest BCUT2D eigenvalue weighted by atomic mass is 10.0. The summed E-state index contributed by atoms with van der Waals surface area (Å²) in [5.74, 6) is 0. The molecule has 0 saturated carbocycles. The van der Waals surface area contributed by atoms with Crippen molar-refractivity contribution in [3.63, 3.8) is 0 Å². The molecule has 0 aliphatic carbocycles. The first-order chi connectivity index (χ1) is 8.02. The minimum atomic E-state index is -3.44. The lowest BCUT2D eigenvalue weighted by Gasteiger charge is -2.21. The van der Waals surface area contributed by atoms with Crippen LogP contribution < -0.4 is 0 Å². The van der Waals surface area contributed by atoms with Crippen LogP contribution in [-0.2, 0) is 14.6 Å². The Balaban J connectivity index is 2.10. The Bertz CT molecular complexity index is 613. The van der Waals surface area contributed by atoms with Gasteiger partial charge in [0, 0.05) is 0 Å². The van der Waals surface area contributed by atoms with E-state index in [0.29, 0.717) is 9.80 Å². The van der Waals surface area contributed by atoms with Gasteiger partial charge in [-0.15, -0.1) is 0 Å². The Hall–Kier alpha value is -1.39. The van der Waals surface area contributed by atoms with Gasteiger partial charge >= 0.3 is 0 Å². The second kappa shape index (κ2) is 3.31. The molecule has 17 heavy (non-hydrogen) atoms. The minimum absolute atomic E-state index is 0.200. The van der Waals surface area contributed by atoms with Crippen molar-refractivity contribution >= 4 is 9.84 Å². The second-order valence-electron chi connectivity index (χ2n) is 4.40. The van der Waals surface area contributed by atoms with Crippen molar-refractivity contribution in [2.75, 3.05) is 0 Å². The summed E-state index contributed by atoms with van der Waals surface area (Å²) in [4.78, 5) is 0.667. The van der Waals surface area contributed by atoms with Crippen LogP contribution in [0.2, 0.25) is 0 Å². The van der Waals surface area contributed by atoms with E-state index in [4.69, 9.17) is 4.74 Å². The zero-order valence-corrected chi connectivity index (χ0v) is 10.1. The van der Waals surface area contributed by atoms with Gasteiger partial charge in [0.25, 0.3) is 0 Å². The summed E-state index contributed by atoms with van der Waals surface area (Å²) < 4.78 is 30.5. The van der Waals surface area contributed by atoms with Crippen molar-refractivity contribution in [2.45, 2.75) is 23.5 Å². The third-order valence-electron chi connectivity index (χ3n) is 3.13. The molecule has 3 nitrogen and oxygen atoms in total. The maximum absolute atomic E-state index is 12.4. The molecule has 2 heterocycles. The highest BCUT2D eigenvalue weighted by Crippen LogP contribution is 2.42. The molecule has 0 unspecified atom stereocenters. The van der Waals surface area contributed by atoms with Gasteiger partial charge in [-0.2, -0.15) is 0 Å². The van der Waals surface area contributed by atoms with E-state index < -0.39 is 15.4 Å². The van der Waals surface area contributed by atoms with Gasteiger partial charge in [0.1, 0.15) is 5.60 Å². The minimum Gasteiger partial charge on any atom is -0.354 e. The van der Waals surface area contributed by atoms with Gasteiger partial charge < -0.3 is 4.74 Å². The van der Waals surface area contributed by atoms with Crippen molar-refractivity contribution in [1.82, 2.24) is 0 Å². The molecule has 0 amide bonds. The first-order valence-electron chi connectivity index (χ1n) is 5.42. The predicted octanol–water partition coefficient (Wildman–Crippen LogP) is 2.07. The summed E-state index contributed by atoms with van der Waals surface area (Å²) in [6, 6.07) is 8.45. The standard InChI is InChI=1S/C13H12O3S/c1-13-8-7-10(16-13)9-12(13)17(14,15)11-5-3-2-4-6-11/h2-10H,1H3/t10-,13+/m1/s1. The zero-order chi connectivity index (χ0) is 12.1. The summed E-state index contributed by atoms with van der Waals surface area (Å²) in [6.07, 6.45) is 5.17. The monoisotopic (exact) mass is 248 g/mol. The largest absolute Gasteiger partial charge is 0.354 e.